The molecule has 8 nitrogen and oxygen atoms in total. The lowest BCUT2D eigenvalue weighted by molar-refractivity contribution is 0.145. The van der Waals surface area contributed by atoms with E-state index in [1.54, 1.807) is 12.5 Å². The molecule has 2 fully saturated rings. The van der Waals surface area contributed by atoms with Gasteiger partial charge in [0.1, 0.15) is 23.4 Å². The van der Waals surface area contributed by atoms with Gasteiger partial charge in [0, 0.05) is 30.6 Å². The summed E-state index contributed by atoms with van der Waals surface area (Å²) in [5, 5.41) is 18.1. The number of aliphatic hydroxyl groups excluding tert-OH is 1. The van der Waals surface area contributed by atoms with Gasteiger partial charge in [0.15, 0.2) is 0 Å². The van der Waals surface area contributed by atoms with Gasteiger partial charge in [-0.05, 0) is 32.6 Å². The van der Waals surface area contributed by atoms with E-state index in [4.69, 9.17) is 4.74 Å². The molecule has 0 radical (unpaired) electrons. The highest BCUT2D eigenvalue weighted by Crippen LogP contribution is 2.39. The van der Waals surface area contributed by atoms with E-state index in [1.807, 2.05) is 12.1 Å². The summed E-state index contributed by atoms with van der Waals surface area (Å²) in [5.41, 5.74) is 2.29. The highest BCUT2D eigenvalue weighted by Gasteiger charge is 2.40. The van der Waals surface area contributed by atoms with Crippen molar-refractivity contribution < 1.29 is 9.84 Å². The van der Waals surface area contributed by atoms with Gasteiger partial charge in [0.2, 0.25) is 5.88 Å². The highest BCUT2D eigenvalue weighted by atomic mass is 16.5. The first-order valence-electron chi connectivity index (χ1n) is 9.38. The lowest BCUT2D eigenvalue weighted by atomic mass is 10.1. The Bertz CT molecular complexity index is 975. The number of hydrogen-bond donors (Lipinski definition) is 2. The molecule has 0 amide bonds. The van der Waals surface area contributed by atoms with Crippen molar-refractivity contribution in [2.24, 2.45) is 0 Å². The number of anilines is 1. The Kier molecular flexibility index (Phi) is 3.75. The Morgan fingerprint density at radius 3 is 2.78 bits per heavy atom. The highest BCUT2D eigenvalue weighted by molar-refractivity contribution is 5.92. The lowest BCUT2D eigenvalue weighted by Gasteiger charge is -2.30. The molecular weight excluding hydrogens is 344 g/mol. The third-order valence-corrected chi connectivity index (χ3v) is 5.41. The molecule has 4 heterocycles. The SMILES string of the molecule is CC1(Oc2cc3c(-c4cc(N5CCC(O)CC5)ncn4)n[nH]c3cn2)CC1. The molecule has 2 N–H and O–H groups in total. The molecule has 0 unspecified atom stereocenters. The van der Waals surface area contributed by atoms with Crippen LogP contribution >= 0.6 is 0 Å². The molecule has 3 aromatic heterocycles. The molecule has 2 aliphatic rings. The van der Waals surface area contributed by atoms with Gasteiger partial charge in [-0.2, -0.15) is 5.10 Å². The van der Waals surface area contributed by atoms with E-state index in [9.17, 15) is 5.11 Å². The summed E-state index contributed by atoms with van der Waals surface area (Å²) in [7, 11) is 0. The number of rotatable bonds is 4. The quantitative estimate of drug-likeness (QED) is 0.731. The second-order valence-corrected chi connectivity index (χ2v) is 7.67. The van der Waals surface area contributed by atoms with Crippen LogP contribution in [0.3, 0.4) is 0 Å². The Balaban J connectivity index is 1.47. The molecule has 0 bridgehead atoms. The van der Waals surface area contributed by atoms with Crippen molar-refractivity contribution in [1.82, 2.24) is 25.1 Å². The first kappa shape index (κ1) is 16.4. The first-order valence-corrected chi connectivity index (χ1v) is 9.38. The number of piperidine rings is 1. The van der Waals surface area contributed by atoms with Crippen LogP contribution in [0, 0.1) is 0 Å². The Morgan fingerprint density at radius 2 is 2.00 bits per heavy atom. The third-order valence-electron chi connectivity index (χ3n) is 5.41. The smallest absolute Gasteiger partial charge is 0.214 e. The van der Waals surface area contributed by atoms with Crippen LogP contribution < -0.4 is 9.64 Å². The second-order valence-electron chi connectivity index (χ2n) is 7.67. The van der Waals surface area contributed by atoms with E-state index in [-0.39, 0.29) is 11.7 Å². The molecule has 1 saturated heterocycles. The van der Waals surface area contributed by atoms with E-state index >= 15 is 0 Å². The monoisotopic (exact) mass is 366 g/mol. The van der Waals surface area contributed by atoms with Crippen LogP contribution in [-0.4, -0.2) is 55.1 Å². The minimum atomic E-state index is -0.211. The van der Waals surface area contributed by atoms with Gasteiger partial charge in [-0.1, -0.05) is 0 Å². The number of fused-ring (bicyclic) bond motifs is 1. The standard InChI is InChI=1S/C19H22N6O2/c1-19(4-5-19)27-17-8-13-15(10-20-17)23-24-18(13)14-9-16(22-11-21-14)25-6-2-12(26)3-7-25/h8-12,26H,2-7H2,1H3,(H,23,24). The summed E-state index contributed by atoms with van der Waals surface area (Å²) in [5.74, 6) is 1.48. The van der Waals surface area contributed by atoms with E-state index in [0.29, 0.717) is 5.88 Å². The van der Waals surface area contributed by atoms with Gasteiger partial charge in [-0.25, -0.2) is 15.0 Å². The van der Waals surface area contributed by atoms with Gasteiger partial charge in [-0.3, -0.25) is 5.10 Å². The second kappa shape index (κ2) is 6.16. The Hall–Kier alpha value is -2.74. The van der Waals surface area contributed by atoms with Crippen LogP contribution in [0.25, 0.3) is 22.3 Å². The normalized spacial score (nSPS) is 19.4. The summed E-state index contributed by atoms with van der Waals surface area (Å²) in [6.45, 7) is 3.68. The zero-order valence-corrected chi connectivity index (χ0v) is 15.2. The van der Waals surface area contributed by atoms with Gasteiger partial charge in [-0.15, -0.1) is 0 Å². The fourth-order valence-corrected chi connectivity index (χ4v) is 3.42. The molecule has 3 aromatic rings. The molecule has 1 aliphatic heterocycles. The van der Waals surface area contributed by atoms with E-state index in [2.05, 4.69) is 37.0 Å². The van der Waals surface area contributed by atoms with Crippen LogP contribution in [0.1, 0.15) is 32.6 Å². The molecular formula is C19H22N6O2. The van der Waals surface area contributed by atoms with Crippen LogP contribution in [0.2, 0.25) is 0 Å². The summed E-state index contributed by atoms with van der Waals surface area (Å²) in [4.78, 5) is 15.4. The fraction of sp³-hybridized carbons (Fsp3) is 0.474. The molecule has 0 atom stereocenters. The topological polar surface area (TPSA) is 100 Å². The summed E-state index contributed by atoms with van der Waals surface area (Å²) in [6.07, 6.45) is 6.75. The largest absolute Gasteiger partial charge is 0.471 e. The maximum atomic E-state index is 9.72. The molecule has 0 spiro atoms. The lowest BCUT2D eigenvalue weighted by Crippen LogP contribution is -2.36. The van der Waals surface area contributed by atoms with Gasteiger partial charge in [0.25, 0.3) is 0 Å². The molecule has 1 aliphatic carbocycles. The van der Waals surface area contributed by atoms with Crippen molar-refractivity contribution in [2.45, 2.75) is 44.3 Å². The van der Waals surface area contributed by atoms with Crippen LogP contribution in [0.4, 0.5) is 5.82 Å². The van der Waals surface area contributed by atoms with Crippen molar-refractivity contribution >= 4 is 16.7 Å². The van der Waals surface area contributed by atoms with Crippen molar-refractivity contribution in [3.8, 4) is 17.3 Å². The van der Waals surface area contributed by atoms with Gasteiger partial charge < -0.3 is 14.7 Å². The molecule has 5 rings (SSSR count). The summed E-state index contributed by atoms with van der Waals surface area (Å²) >= 11 is 0. The van der Waals surface area contributed by atoms with Crippen molar-refractivity contribution in [1.29, 1.82) is 0 Å². The molecule has 1 saturated carbocycles. The number of H-pyrrole nitrogens is 1. The Labute approximate surface area is 156 Å². The van der Waals surface area contributed by atoms with E-state index in [1.165, 1.54) is 0 Å². The Morgan fingerprint density at radius 1 is 1.19 bits per heavy atom. The molecule has 0 aromatic carbocycles. The molecule has 8 heteroatoms. The number of nitrogens with one attached hydrogen (secondary N) is 1. The summed E-state index contributed by atoms with van der Waals surface area (Å²) < 4.78 is 5.99. The third kappa shape index (κ3) is 3.21. The fourth-order valence-electron chi connectivity index (χ4n) is 3.42. The van der Waals surface area contributed by atoms with E-state index < -0.39 is 0 Å². The number of hydrogen-bond acceptors (Lipinski definition) is 7. The van der Waals surface area contributed by atoms with Crippen LogP contribution in [-0.2, 0) is 0 Å². The number of aromatic amines is 1. The van der Waals surface area contributed by atoms with E-state index in [0.717, 1.165) is 66.9 Å². The number of aliphatic hydroxyl groups is 1. The van der Waals surface area contributed by atoms with Crippen molar-refractivity contribution in [2.75, 3.05) is 18.0 Å². The number of pyridine rings is 1. The first-order chi connectivity index (χ1) is 13.1. The zero-order chi connectivity index (χ0) is 18.4. The maximum Gasteiger partial charge on any atom is 0.214 e. The number of nitrogens with zero attached hydrogens (tertiary/aromatic N) is 5. The predicted octanol–water partition coefficient (Wildman–Crippen LogP) is 2.31. The van der Waals surface area contributed by atoms with Crippen LogP contribution in [0.15, 0.2) is 24.7 Å². The minimum Gasteiger partial charge on any atom is -0.471 e. The number of ether oxygens (including phenoxy) is 1. The minimum absolute atomic E-state index is 0.0779. The average molecular weight is 366 g/mol. The maximum absolute atomic E-state index is 9.72. The van der Waals surface area contributed by atoms with Gasteiger partial charge in [0.05, 0.1) is 23.5 Å². The molecule has 140 valence electrons. The van der Waals surface area contributed by atoms with Crippen LogP contribution in [0.5, 0.6) is 5.88 Å². The average Bonchev–Trinajstić information content (AvgIpc) is 3.25. The van der Waals surface area contributed by atoms with Gasteiger partial charge >= 0.3 is 0 Å². The van der Waals surface area contributed by atoms with Crippen molar-refractivity contribution in [3.05, 3.63) is 24.7 Å². The zero-order valence-electron chi connectivity index (χ0n) is 15.2. The summed E-state index contributed by atoms with van der Waals surface area (Å²) in [6, 6.07) is 3.88. The van der Waals surface area contributed by atoms with Crippen molar-refractivity contribution in [3.63, 3.8) is 0 Å². The predicted molar refractivity (Wildman–Crippen MR) is 101 cm³/mol. The molecule has 27 heavy (non-hydrogen) atoms. The number of aromatic nitrogens is 5.